The number of carbonyl (C=O) groups excluding carboxylic acids is 1. The minimum Gasteiger partial charge on any atom is -0.375 e. The van der Waals surface area contributed by atoms with Crippen molar-refractivity contribution in [2.45, 2.75) is 12.8 Å². The second-order valence-electron chi connectivity index (χ2n) is 5.75. The van der Waals surface area contributed by atoms with Crippen LogP contribution in [0.1, 0.15) is 20.9 Å². The van der Waals surface area contributed by atoms with E-state index in [4.69, 9.17) is 5.73 Å². The number of nitrogens with zero attached hydrogens (tertiary/aromatic N) is 3. The summed E-state index contributed by atoms with van der Waals surface area (Å²) >= 11 is 1.24. The third-order valence-electron chi connectivity index (χ3n) is 4.29. The first-order valence-corrected chi connectivity index (χ1v) is 8.66. The van der Waals surface area contributed by atoms with E-state index in [1.807, 2.05) is 23.1 Å². The molecule has 122 valence electrons. The lowest BCUT2D eigenvalue weighted by molar-refractivity contribution is 0.0767. The van der Waals surface area contributed by atoms with Gasteiger partial charge in [0.1, 0.15) is 4.88 Å². The Hall–Kier alpha value is -2.67. The Labute approximate surface area is 143 Å². The van der Waals surface area contributed by atoms with Crippen LogP contribution < -0.4 is 5.73 Å². The second-order valence-corrected chi connectivity index (χ2v) is 6.81. The zero-order chi connectivity index (χ0) is 16.5. The fourth-order valence-electron chi connectivity index (χ4n) is 3.06. The number of nitrogen functional groups attached to an aromatic ring is 1. The van der Waals surface area contributed by atoms with Gasteiger partial charge in [0, 0.05) is 36.3 Å². The fraction of sp³-hybridized carbons (Fsp3) is 0.235. The first kappa shape index (κ1) is 14.9. The monoisotopic (exact) mass is 339 g/mol. The maximum atomic E-state index is 12.6. The molecule has 1 amide bonds. The van der Waals surface area contributed by atoms with E-state index in [1.165, 1.54) is 16.9 Å². The Bertz CT molecular complexity index is 870. The van der Waals surface area contributed by atoms with Gasteiger partial charge in [-0.25, -0.2) is 4.98 Å². The van der Waals surface area contributed by atoms with E-state index >= 15 is 0 Å². The highest BCUT2D eigenvalue weighted by molar-refractivity contribution is 7.17. The van der Waals surface area contributed by atoms with Gasteiger partial charge in [-0.05, 0) is 6.42 Å². The van der Waals surface area contributed by atoms with E-state index in [-0.39, 0.29) is 5.91 Å². The molecule has 2 aromatic heterocycles. The van der Waals surface area contributed by atoms with Gasteiger partial charge < -0.3 is 10.6 Å². The van der Waals surface area contributed by atoms with Crippen molar-refractivity contribution in [3.8, 4) is 11.3 Å². The molecule has 0 radical (unpaired) electrons. The molecular weight excluding hydrogens is 322 g/mol. The van der Waals surface area contributed by atoms with Crippen molar-refractivity contribution < 1.29 is 4.79 Å². The van der Waals surface area contributed by atoms with E-state index in [0.29, 0.717) is 23.1 Å². The molecule has 3 aromatic rings. The maximum absolute atomic E-state index is 12.6. The molecule has 1 aliphatic heterocycles. The summed E-state index contributed by atoms with van der Waals surface area (Å²) in [4.78, 5) is 19.0. The van der Waals surface area contributed by atoms with Gasteiger partial charge in [-0.15, -0.1) is 0 Å². The highest BCUT2D eigenvalue weighted by atomic mass is 32.1. The Balaban J connectivity index is 1.57. The number of anilines is 1. The number of hydrogen-bond donors (Lipinski definition) is 2. The number of aromatic amines is 1. The van der Waals surface area contributed by atoms with Crippen molar-refractivity contribution >= 4 is 22.4 Å². The first-order valence-electron chi connectivity index (χ1n) is 7.84. The predicted molar refractivity (Wildman–Crippen MR) is 93.9 cm³/mol. The fourth-order valence-corrected chi connectivity index (χ4v) is 3.72. The van der Waals surface area contributed by atoms with E-state index in [2.05, 4.69) is 27.3 Å². The molecule has 0 spiro atoms. The van der Waals surface area contributed by atoms with Gasteiger partial charge in [-0.3, -0.25) is 9.89 Å². The minimum atomic E-state index is 0.00331. The zero-order valence-electron chi connectivity index (χ0n) is 13.0. The van der Waals surface area contributed by atoms with E-state index in [9.17, 15) is 4.79 Å². The van der Waals surface area contributed by atoms with Crippen LogP contribution in [0.4, 0.5) is 5.13 Å². The van der Waals surface area contributed by atoms with Crippen molar-refractivity contribution in [3.05, 3.63) is 52.7 Å². The number of nitrogens with one attached hydrogen (secondary N) is 1. The molecule has 0 atom stereocenters. The number of nitrogens with two attached hydrogens (primary N) is 1. The predicted octanol–water partition coefficient (Wildman–Crippen LogP) is 2.36. The Morgan fingerprint density at radius 1 is 1.21 bits per heavy atom. The summed E-state index contributed by atoms with van der Waals surface area (Å²) in [5, 5.41) is 8.06. The minimum absolute atomic E-state index is 0.00331. The molecule has 3 heterocycles. The molecule has 4 rings (SSSR count). The first-order chi connectivity index (χ1) is 11.7. The number of hydrogen-bond acceptors (Lipinski definition) is 5. The summed E-state index contributed by atoms with van der Waals surface area (Å²) in [5.41, 5.74) is 10.1. The number of benzene rings is 1. The van der Waals surface area contributed by atoms with Gasteiger partial charge >= 0.3 is 0 Å². The van der Waals surface area contributed by atoms with Crippen LogP contribution in [0.5, 0.6) is 0 Å². The van der Waals surface area contributed by atoms with Crippen LogP contribution in [-0.2, 0) is 12.8 Å². The molecule has 1 aliphatic rings. The van der Waals surface area contributed by atoms with E-state index < -0.39 is 0 Å². The molecule has 24 heavy (non-hydrogen) atoms. The molecule has 0 bridgehead atoms. The average molecular weight is 339 g/mol. The lowest BCUT2D eigenvalue weighted by Crippen LogP contribution is -2.32. The number of rotatable bonds is 2. The number of amides is 1. The third kappa shape index (κ3) is 2.67. The molecule has 1 aromatic carbocycles. The maximum Gasteiger partial charge on any atom is 0.265 e. The summed E-state index contributed by atoms with van der Waals surface area (Å²) in [6.45, 7) is 1.34. The van der Waals surface area contributed by atoms with Gasteiger partial charge in [-0.1, -0.05) is 41.7 Å². The highest BCUT2D eigenvalue weighted by Crippen LogP contribution is 2.27. The molecule has 6 nitrogen and oxygen atoms in total. The molecule has 3 N–H and O–H groups in total. The topological polar surface area (TPSA) is 87.9 Å². The van der Waals surface area contributed by atoms with Crippen molar-refractivity contribution in [3.63, 3.8) is 0 Å². The third-order valence-corrected chi connectivity index (χ3v) is 5.10. The molecular formula is C17H17N5OS. The molecule has 0 aliphatic carbocycles. The molecule has 0 fully saturated rings. The van der Waals surface area contributed by atoms with Crippen molar-refractivity contribution in [2.75, 3.05) is 18.8 Å². The quantitative estimate of drug-likeness (QED) is 0.750. The standard InChI is InChI=1S/C17H17N5OS/c18-17-19-10-14(24-17)16(23)22-8-6-12-13(7-9-22)20-21-15(12)11-4-2-1-3-5-11/h1-5,10H,6-9H2,(H2,18,19)(H,20,21). The van der Waals surface area contributed by atoms with Crippen LogP contribution in [0.25, 0.3) is 11.3 Å². The second kappa shape index (κ2) is 6.09. The lowest BCUT2D eigenvalue weighted by Gasteiger charge is -2.19. The molecule has 0 saturated heterocycles. The summed E-state index contributed by atoms with van der Waals surface area (Å²) in [5.74, 6) is 0.00331. The van der Waals surface area contributed by atoms with Crippen LogP contribution in [0, 0.1) is 0 Å². The number of aromatic nitrogens is 3. The number of thiazole rings is 1. The zero-order valence-corrected chi connectivity index (χ0v) is 13.8. The van der Waals surface area contributed by atoms with Gasteiger partial charge in [-0.2, -0.15) is 5.10 Å². The summed E-state index contributed by atoms with van der Waals surface area (Å²) in [6.07, 6.45) is 3.12. The van der Waals surface area contributed by atoms with E-state index in [1.54, 1.807) is 6.20 Å². The SMILES string of the molecule is Nc1ncc(C(=O)N2CCc3[nH]nc(-c4ccccc4)c3CC2)s1. The van der Waals surface area contributed by atoms with Gasteiger partial charge in [0.05, 0.1) is 11.9 Å². The van der Waals surface area contributed by atoms with Crippen molar-refractivity contribution in [1.29, 1.82) is 0 Å². The summed E-state index contributed by atoms with van der Waals surface area (Å²) in [6, 6.07) is 10.1. The molecule has 7 heteroatoms. The highest BCUT2D eigenvalue weighted by Gasteiger charge is 2.24. The summed E-state index contributed by atoms with van der Waals surface area (Å²) in [7, 11) is 0. The van der Waals surface area contributed by atoms with Gasteiger partial charge in [0.2, 0.25) is 0 Å². The number of carbonyl (C=O) groups is 1. The van der Waals surface area contributed by atoms with Gasteiger partial charge in [0.25, 0.3) is 5.91 Å². The average Bonchev–Trinajstić information content (AvgIpc) is 3.16. The van der Waals surface area contributed by atoms with Crippen LogP contribution in [0.15, 0.2) is 36.5 Å². The van der Waals surface area contributed by atoms with Crippen LogP contribution in [0.2, 0.25) is 0 Å². The van der Waals surface area contributed by atoms with Crippen molar-refractivity contribution in [1.82, 2.24) is 20.1 Å². The number of fused-ring (bicyclic) bond motifs is 1. The van der Waals surface area contributed by atoms with Gasteiger partial charge in [0.15, 0.2) is 5.13 Å². The summed E-state index contributed by atoms with van der Waals surface area (Å²) < 4.78 is 0. The van der Waals surface area contributed by atoms with E-state index in [0.717, 1.165) is 29.8 Å². The molecule has 0 saturated carbocycles. The van der Waals surface area contributed by atoms with Crippen LogP contribution in [-0.4, -0.2) is 39.1 Å². The lowest BCUT2D eigenvalue weighted by atomic mass is 10.0. The Morgan fingerprint density at radius 3 is 2.75 bits per heavy atom. The molecule has 0 unspecified atom stereocenters. The Morgan fingerprint density at radius 2 is 2.00 bits per heavy atom. The number of H-pyrrole nitrogens is 1. The van der Waals surface area contributed by atoms with Crippen LogP contribution in [0.3, 0.4) is 0 Å². The van der Waals surface area contributed by atoms with Crippen molar-refractivity contribution in [2.24, 2.45) is 0 Å². The largest absolute Gasteiger partial charge is 0.375 e. The van der Waals surface area contributed by atoms with Crippen LogP contribution >= 0.6 is 11.3 Å². The normalized spacial score (nSPS) is 14.2. The Kier molecular flexibility index (Phi) is 3.78. The smallest absolute Gasteiger partial charge is 0.265 e.